The minimum Gasteiger partial charge on any atom is -0.477 e. The molecule has 78 valence electrons. The maximum Gasteiger partial charge on any atom is 0.415 e. The summed E-state index contributed by atoms with van der Waals surface area (Å²) in [6.45, 7) is 5.50. The number of carbonyl (C=O) groups is 2. The molecular weight excluding hydrogens is 186 g/mol. The summed E-state index contributed by atoms with van der Waals surface area (Å²) in [5.74, 6) is -1.11. The molecule has 1 aliphatic heterocycles. The summed E-state index contributed by atoms with van der Waals surface area (Å²) >= 11 is 0. The van der Waals surface area contributed by atoms with Gasteiger partial charge in [0.25, 0.3) is 0 Å². The number of carbonyl (C=O) groups excluding carboxylic acids is 1. The standard InChI is InChI=1S/C9H13NO4/c1-9(2,3)14-8(13)10-5-4-6(10)7(11)12/h4H,5H2,1-3H3,(H,11,12). The number of nitrogens with zero attached hydrogens (tertiary/aromatic N) is 1. The van der Waals surface area contributed by atoms with Crippen molar-refractivity contribution < 1.29 is 19.4 Å². The van der Waals surface area contributed by atoms with E-state index in [0.29, 0.717) is 6.54 Å². The van der Waals surface area contributed by atoms with Crippen molar-refractivity contribution in [2.75, 3.05) is 6.54 Å². The van der Waals surface area contributed by atoms with Gasteiger partial charge in [-0.25, -0.2) is 9.59 Å². The van der Waals surface area contributed by atoms with Crippen LogP contribution in [0.15, 0.2) is 11.8 Å². The van der Waals surface area contributed by atoms with Crippen molar-refractivity contribution in [3.8, 4) is 0 Å². The van der Waals surface area contributed by atoms with Gasteiger partial charge in [0.2, 0.25) is 0 Å². The molecule has 0 bridgehead atoms. The lowest BCUT2D eigenvalue weighted by Crippen LogP contribution is -2.43. The molecule has 0 atom stereocenters. The van der Waals surface area contributed by atoms with Crippen LogP contribution in [-0.2, 0) is 9.53 Å². The van der Waals surface area contributed by atoms with Crippen LogP contribution in [0, 0.1) is 0 Å². The van der Waals surface area contributed by atoms with E-state index in [1.165, 1.54) is 6.08 Å². The molecule has 0 saturated heterocycles. The molecule has 0 saturated carbocycles. The minimum absolute atomic E-state index is 0.0146. The van der Waals surface area contributed by atoms with E-state index >= 15 is 0 Å². The Morgan fingerprint density at radius 3 is 2.36 bits per heavy atom. The first kappa shape index (κ1) is 10.6. The van der Waals surface area contributed by atoms with E-state index in [-0.39, 0.29) is 5.70 Å². The molecule has 5 nitrogen and oxygen atoms in total. The summed E-state index contributed by atoms with van der Waals surface area (Å²) in [5, 5.41) is 8.63. The molecule has 0 aromatic heterocycles. The van der Waals surface area contributed by atoms with E-state index in [0.717, 1.165) is 4.90 Å². The van der Waals surface area contributed by atoms with Gasteiger partial charge in [-0.15, -0.1) is 0 Å². The Morgan fingerprint density at radius 1 is 1.50 bits per heavy atom. The quantitative estimate of drug-likeness (QED) is 0.689. The van der Waals surface area contributed by atoms with Gasteiger partial charge in [0.1, 0.15) is 11.3 Å². The Morgan fingerprint density at radius 2 is 2.07 bits per heavy atom. The fourth-order valence-corrected chi connectivity index (χ4v) is 0.967. The van der Waals surface area contributed by atoms with E-state index in [4.69, 9.17) is 9.84 Å². The zero-order valence-corrected chi connectivity index (χ0v) is 8.40. The molecule has 0 radical (unpaired) electrons. The van der Waals surface area contributed by atoms with Gasteiger partial charge < -0.3 is 9.84 Å². The molecule has 0 aromatic rings. The van der Waals surface area contributed by atoms with Gasteiger partial charge >= 0.3 is 12.1 Å². The SMILES string of the molecule is CC(C)(C)OC(=O)N1CC=C1C(=O)O. The second-order valence-electron chi connectivity index (χ2n) is 3.99. The predicted octanol–water partition coefficient (Wildman–Crippen LogP) is 1.21. The molecule has 1 heterocycles. The van der Waals surface area contributed by atoms with Crippen molar-refractivity contribution in [1.29, 1.82) is 0 Å². The van der Waals surface area contributed by atoms with Gasteiger partial charge in [0.15, 0.2) is 0 Å². The average Bonchev–Trinajstić information content (AvgIpc) is 1.75. The van der Waals surface area contributed by atoms with Gasteiger partial charge in [0.05, 0.1) is 6.54 Å². The first-order valence-electron chi connectivity index (χ1n) is 4.25. The van der Waals surface area contributed by atoms with Crippen LogP contribution in [0.25, 0.3) is 0 Å². The Labute approximate surface area is 82.0 Å². The molecule has 1 N–H and O–H groups in total. The average molecular weight is 199 g/mol. The van der Waals surface area contributed by atoms with Crippen molar-refractivity contribution in [3.63, 3.8) is 0 Å². The highest BCUT2D eigenvalue weighted by atomic mass is 16.6. The van der Waals surface area contributed by atoms with Gasteiger partial charge in [-0.3, -0.25) is 4.90 Å². The molecule has 0 aromatic carbocycles. The molecule has 5 heteroatoms. The number of hydrogen-bond donors (Lipinski definition) is 1. The monoisotopic (exact) mass is 199 g/mol. The summed E-state index contributed by atoms with van der Waals surface area (Å²) in [5.41, 5.74) is -0.615. The van der Waals surface area contributed by atoms with Gasteiger partial charge in [-0.2, -0.15) is 0 Å². The van der Waals surface area contributed by atoms with Gasteiger partial charge in [-0.1, -0.05) is 0 Å². The Kier molecular flexibility index (Phi) is 2.51. The Bertz CT molecular complexity index is 300. The molecular formula is C9H13NO4. The number of hydrogen-bond acceptors (Lipinski definition) is 3. The Balaban J connectivity index is 2.58. The largest absolute Gasteiger partial charge is 0.477 e. The smallest absolute Gasteiger partial charge is 0.415 e. The lowest BCUT2D eigenvalue weighted by atomic mass is 10.2. The van der Waals surface area contributed by atoms with E-state index in [9.17, 15) is 9.59 Å². The highest BCUT2D eigenvalue weighted by molar-refractivity contribution is 5.93. The maximum absolute atomic E-state index is 11.4. The van der Waals surface area contributed by atoms with E-state index in [2.05, 4.69) is 0 Å². The normalized spacial score (nSPS) is 15.6. The second-order valence-corrected chi connectivity index (χ2v) is 3.99. The highest BCUT2D eigenvalue weighted by Gasteiger charge is 2.32. The number of ether oxygens (including phenoxy) is 1. The maximum atomic E-state index is 11.4. The number of rotatable bonds is 1. The van der Waals surface area contributed by atoms with Crippen LogP contribution < -0.4 is 0 Å². The molecule has 1 aliphatic rings. The lowest BCUT2D eigenvalue weighted by Gasteiger charge is -2.31. The van der Waals surface area contributed by atoms with Crippen LogP contribution >= 0.6 is 0 Å². The predicted molar refractivity (Wildman–Crippen MR) is 48.7 cm³/mol. The van der Waals surface area contributed by atoms with Gasteiger partial charge in [-0.05, 0) is 26.8 Å². The molecule has 0 fully saturated rings. The third-order valence-corrected chi connectivity index (χ3v) is 1.59. The molecule has 1 rings (SSSR count). The van der Waals surface area contributed by atoms with Crippen LogP contribution in [0.2, 0.25) is 0 Å². The van der Waals surface area contributed by atoms with E-state index in [1.54, 1.807) is 20.8 Å². The van der Waals surface area contributed by atoms with Crippen molar-refractivity contribution in [2.24, 2.45) is 0 Å². The van der Waals surface area contributed by atoms with Crippen LogP contribution in [0.1, 0.15) is 20.8 Å². The summed E-state index contributed by atoms with van der Waals surface area (Å²) in [6, 6.07) is 0. The zero-order chi connectivity index (χ0) is 10.9. The van der Waals surface area contributed by atoms with Crippen molar-refractivity contribution in [3.05, 3.63) is 11.8 Å². The molecule has 0 unspecified atom stereocenters. The topological polar surface area (TPSA) is 66.8 Å². The summed E-state index contributed by atoms with van der Waals surface area (Å²) in [4.78, 5) is 23.0. The van der Waals surface area contributed by atoms with Crippen molar-refractivity contribution in [2.45, 2.75) is 26.4 Å². The fourth-order valence-electron chi connectivity index (χ4n) is 0.967. The summed E-state index contributed by atoms with van der Waals surface area (Å²) < 4.78 is 5.00. The molecule has 1 amide bonds. The Hall–Kier alpha value is -1.52. The third kappa shape index (κ3) is 2.25. The number of carboxylic acids is 1. The lowest BCUT2D eigenvalue weighted by molar-refractivity contribution is -0.135. The van der Waals surface area contributed by atoms with Crippen molar-refractivity contribution >= 4 is 12.1 Å². The van der Waals surface area contributed by atoms with E-state index in [1.807, 2.05) is 0 Å². The van der Waals surface area contributed by atoms with Gasteiger partial charge in [0, 0.05) is 0 Å². The summed E-state index contributed by atoms with van der Waals surface area (Å²) in [6.07, 6.45) is 0.851. The zero-order valence-electron chi connectivity index (χ0n) is 8.40. The first-order chi connectivity index (χ1) is 6.31. The van der Waals surface area contributed by atoms with Crippen LogP contribution in [0.4, 0.5) is 4.79 Å². The van der Waals surface area contributed by atoms with E-state index < -0.39 is 17.7 Å². The van der Waals surface area contributed by atoms with Crippen LogP contribution in [0.3, 0.4) is 0 Å². The number of carboxylic acid groups (broad SMARTS) is 1. The molecule has 0 aliphatic carbocycles. The number of aliphatic carboxylic acids is 1. The second kappa shape index (κ2) is 3.32. The minimum atomic E-state index is -1.11. The van der Waals surface area contributed by atoms with Crippen LogP contribution in [-0.4, -0.2) is 34.2 Å². The fraction of sp³-hybridized carbons (Fsp3) is 0.556. The summed E-state index contributed by atoms with van der Waals surface area (Å²) in [7, 11) is 0. The van der Waals surface area contributed by atoms with Crippen LogP contribution in [0.5, 0.6) is 0 Å². The highest BCUT2D eigenvalue weighted by Crippen LogP contribution is 2.19. The third-order valence-electron chi connectivity index (χ3n) is 1.59. The molecule has 14 heavy (non-hydrogen) atoms. The molecule has 0 spiro atoms. The first-order valence-corrected chi connectivity index (χ1v) is 4.25. The number of amides is 1. The van der Waals surface area contributed by atoms with Crippen molar-refractivity contribution in [1.82, 2.24) is 4.90 Å².